The Bertz CT molecular complexity index is 563. The van der Waals surface area contributed by atoms with Crippen molar-refractivity contribution in [1.82, 2.24) is 14.5 Å². The second-order valence-electron chi connectivity index (χ2n) is 5.31. The Kier molecular flexibility index (Phi) is 4.79. The Morgan fingerprint density at radius 2 is 2.10 bits per heavy atom. The van der Waals surface area contributed by atoms with Crippen LogP contribution in [0.4, 0.5) is 0 Å². The molecule has 0 amide bonds. The first-order valence-electron chi connectivity index (χ1n) is 6.91. The SMILES string of the molecule is Cc1ccc(OCCN(C)Cc2nccn2C)c(C)c1. The zero-order chi connectivity index (χ0) is 14.5. The van der Waals surface area contributed by atoms with E-state index < -0.39 is 0 Å². The molecule has 0 atom stereocenters. The summed E-state index contributed by atoms with van der Waals surface area (Å²) < 4.78 is 7.89. The summed E-state index contributed by atoms with van der Waals surface area (Å²) in [6.07, 6.45) is 3.80. The van der Waals surface area contributed by atoms with Crippen molar-refractivity contribution in [1.29, 1.82) is 0 Å². The highest BCUT2D eigenvalue weighted by molar-refractivity contribution is 5.35. The number of hydrogen-bond donors (Lipinski definition) is 0. The van der Waals surface area contributed by atoms with Gasteiger partial charge in [-0.05, 0) is 32.5 Å². The average Bonchev–Trinajstić information content (AvgIpc) is 2.78. The van der Waals surface area contributed by atoms with Crippen LogP contribution in [0.15, 0.2) is 30.6 Å². The van der Waals surface area contributed by atoms with Gasteiger partial charge < -0.3 is 9.30 Å². The standard InChI is InChI=1S/C16H23N3O/c1-13-5-6-15(14(2)11-13)20-10-9-18(3)12-16-17-7-8-19(16)4/h5-8,11H,9-10,12H2,1-4H3. The van der Waals surface area contributed by atoms with Crippen molar-refractivity contribution >= 4 is 0 Å². The lowest BCUT2D eigenvalue weighted by molar-refractivity contribution is 0.227. The zero-order valence-corrected chi connectivity index (χ0v) is 12.8. The fraction of sp³-hybridized carbons (Fsp3) is 0.438. The molecule has 0 saturated heterocycles. The molecule has 2 rings (SSSR count). The average molecular weight is 273 g/mol. The van der Waals surface area contributed by atoms with Crippen molar-refractivity contribution < 1.29 is 4.74 Å². The number of aryl methyl sites for hydroxylation is 3. The van der Waals surface area contributed by atoms with Crippen molar-refractivity contribution in [3.05, 3.63) is 47.5 Å². The number of rotatable bonds is 6. The Morgan fingerprint density at radius 3 is 2.75 bits per heavy atom. The van der Waals surface area contributed by atoms with Crippen molar-refractivity contribution in [2.24, 2.45) is 7.05 Å². The molecule has 0 spiro atoms. The van der Waals surface area contributed by atoms with E-state index in [1.165, 1.54) is 11.1 Å². The Balaban J connectivity index is 1.79. The number of hydrogen-bond acceptors (Lipinski definition) is 3. The lowest BCUT2D eigenvalue weighted by Gasteiger charge is -2.17. The van der Waals surface area contributed by atoms with Gasteiger partial charge in [0.25, 0.3) is 0 Å². The van der Waals surface area contributed by atoms with Gasteiger partial charge in [0, 0.05) is 26.0 Å². The molecule has 0 aliphatic rings. The van der Waals surface area contributed by atoms with Crippen LogP contribution in [0.2, 0.25) is 0 Å². The molecule has 0 radical (unpaired) electrons. The lowest BCUT2D eigenvalue weighted by atomic mass is 10.1. The number of aromatic nitrogens is 2. The molecule has 1 heterocycles. The maximum absolute atomic E-state index is 5.84. The van der Waals surface area contributed by atoms with E-state index in [2.05, 4.69) is 42.9 Å². The highest BCUT2D eigenvalue weighted by Gasteiger charge is 2.05. The smallest absolute Gasteiger partial charge is 0.122 e. The summed E-state index contributed by atoms with van der Waals surface area (Å²) in [5, 5.41) is 0. The lowest BCUT2D eigenvalue weighted by Crippen LogP contribution is -2.25. The van der Waals surface area contributed by atoms with Gasteiger partial charge in [0.15, 0.2) is 0 Å². The van der Waals surface area contributed by atoms with Gasteiger partial charge in [0.2, 0.25) is 0 Å². The van der Waals surface area contributed by atoms with E-state index in [0.29, 0.717) is 6.61 Å². The summed E-state index contributed by atoms with van der Waals surface area (Å²) >= 11 is 0. The van der Waals surface area contributed by atoms with Crippen molar-refractivity contribution in [2.75, 3.05) is 20.2 Å². The molecule has 0 N–H and O–H groups in total. The minimum Gasteiger partial charge on any atom is -0.492 e. The first kappa shape index (κ1) is 14.6. The van der Waals surface area contributed by atoms with Crippen LogP contribution in [0.3, 0.4) is 0 Å². The molecule has 108 valence electrons. The summed E-state index contributed by atoms with van der Waals surface area (Å²) in [7, 11) is 4.10. The number of likely N-dealkylation sites (N-methyl/N-ethyl adjacent to an activating group) is 1. The quantitative estimate of drug-likeness (QED) is 0.810. The van der Waals surface area contributed by atoms with Crippen LogP contribution in [-0.2, 0) is 13.6 Å². The van der Waals surface area contributed by atoms with E-state index in [-0.39, 0.29) is 0 Å². The van der Waals surface area contributed by atoms with Gasteiger partial charge in [0.05, 0.1) is 6.54 Å². The molecule has 0 aliphatic heterocycles. The third-order valence-electron chi connectivity index (χ3n) is 3.39. The van der Waals surface area contributed by atoms with Crippen LogP contribution in [-0.4, -0.2) is 34.7 Å². The van der Waals surface area contributed by atoms with Gasteiger partial charge in [-0.1, -0.05) is 17.7 Å². The highest BCUT2D eigenvalue weighted by atomic mass is 16.5. The number of nitrogens with zero attached hydrogens (tertiary/aromatic N) is 3. The molecule has 1 aromatic carbocycles. The predicted molar refractivity (Wildman–Crippen MR) is 81.0 cm³/mol. The summed E-state index contributed by atoms with van der Waals surface area (Å²) in [4.78, 5) is 6.54. The maximum atomic E-state index is 5.84. The third kappa shape index (κ3) is 3.84. The second kappa shape index (κ2) is 6.57. The van der Waals surface area contributed by atoms with E-state index in [4.69, 9.17) is 4.74 Å². The predicted octanol–water partition coefficient (Wildman–Crippen LogP) is 2.55. The Labute approximate surface area is 121 Å². The molecule has 0 aliphatic carbocycles. The van der Waals surface area contributed by atoms with Gasteiger partial charge in [-0.2, -0.15) is 0 Å². The van der Waals surface area contributed by atoms with Gasteiger partial charge in [0.1, 0.15) is 18.2 Å². The van der Waals surface area contributed by atoms with Gasteiger partial charge in [-0.15, -0.1) is 0 Å². The van der Waals surface area contributed by atoms with Gasteiger partial charge in [-0.25, -0.2) is 4.98 Å². The summed E-state index contributed by atoms with van der Waals surface area (Å²) in [5.74, 6) is 2.04. The Hall–Kier alpha value is -1.81. The molecule has 2 aromatic rings. The van der Waals surface area contributed by atoms with E-state index in [1.807, 2.05) is 30.1 Å². The van der Waals surface area contributed by atoms with E-state index in [0.717, 1.165) is 24.7 Å². The number of imidazole rings is 1. The molecule has 0 bridgehead atoms. The minimum atomic E-state index is 0.685. The van der Waals surface area contributed by atoms with Gasteiger partial charge in [-0.3, -0.25) is 4.90 Å². The normalized spacial score (nSPS) is 11.1. The van der Waals surface area contributed by atoms with E-state index in [9.17, 15) is 0 Å². The molecular weight excluding hydrogens is 250 g/mol. The largest absolute Gasteiger partial charge is 0.492 e. The summed E-state index contributed by atoms with van der Waals surface area (Å²) in [6.45, 7) is 6.57. The van der Waals surface area contributed by atoms with E-state index >= 15 is 0 Å². The fourth-order valence-electron chi connectivity index (χ4n) is 2.14. The first-order valence-corrected chi connectivity index (χ1v) is 6.91. The second-order valence-corrected chi connectivity index (χ2v) is 5.31. The minimum absolute atomic E-state index is 0.685. The molecule has 0 unspecified atom stereocenters. The topological polar surface area (TPSA) is 30.3 Å². The Morgan fingerprint density at radius 1 is 1.30 bits per heavy atom. The molecule has 0 fully saturated rings. The van der Waals surface area contributed by atoms with Crippen LogP contribution < -0.4 is 4.74 Å². The third-order valence-corrected chi connectivity index (χ3v) is 3.39. The highest BCUT2D eigenvalue weighted by Crippen LogP contribution is 2.18. The molecule has 1 aromatic heterocycles. The zero-order valence-electron chi connectivity index (χ0n) is 12.8. The van der Waals surface area contributed by atoms with Crippen molar-refractivity contribution in [3.8, 4) is 5.75 Å². The van der Waals surface area contributed by atoms with Crippen molar-refractivity contribution in [3.63, 3.8) is 0 Å². The monoisotopic (exact) mass is 273 g/mol. The van der Waals surface area contributed by atoms with Crippen molar-refractivity contribution in [2.45, 2.75) is 20.4 Å². The molecular formula is C16H23N3O. The van der Waals surface area contributed by atoms with Crippen LogP contribution in [0.5, 0.6) is 5.75 Å². The molecule has 20 heavy (non-hydrogen) atoms. The number of ether oxygens (including phenoxy) is 1. The maximum Gasteiger partial charge on any atom is 0.122 e. The van der Waals surface area contributed by atoms with Gasteiger partial charge >= 0.3 is 0 Å². The molecule has 4 nitrogen and oxygen atoms in total. The summed E-state index contributed by atoms with van der Waals surface area (Å²) in [6, 6.07) is 6.27. The van der Waals surface area contributed by atoms with E-state index in [1.54, 1.807) is 0 Å². The van der Waals surface area contributed by atoms with Crippen LogP contribution >= 0.6 is 0 Å². The summed E-state index contributed by atoms with van der Waals surface area (Å²) in [5.41, 5.74) is 2.46. The fourth-order valence-corrected chi connectivity index (χ4v) is 2.14. The number of benzene rings is 1. The molecule has 4 heteroatoms. The van der Waals surface area contributed by atoms with Crippen LogP contribution in [0, 0.1) is 13.8 Å². The molecule has 0 saturated carbocycles. The van der Waals surface area contributed by atoms with Crippen LogP contribution in [0.1, 0.15) is 17.0 Å². The van der Waals surface area contributed by atoms with Crippen LogP contribution in [0.25, 0.3) is 0 Å². The first-order chi connectivity index (χ1) is 9.56.